The van der Waals surface area contributed by atoms with E-state index in [2.05, 4.69) is 4.90 Å². The van der Waals surface area contributed by atoms with Crippen LogP contribution in [0, 0.1) is 6.92 Å². The third kappa shape index (κ3) is 4.32. The lowest BCUT2D eigenvalue weighted by Gasteiger charge is -2.29. The number of benzene rings is 1. The normalized spacial score (nSPS) is 18.0. The number of nitrogens with zero attached hydrogens (tertiary/aromatic N) is 4. The number of rotatable bonds is 4. The molecule has 3 aromatic rings. The minimum atomic E-state index is -0.174. The van der Waals surface area contributed by atoms with Crippen molar-refractivity contribution >= 4 is 51.7 Å². The molecule has 5 rings (SSSR count). The molecular formula is C25H24N4O2S2. The molecule has 0 N–H and O–H groups in total. The number of hydrogen-bond acceptors (Lipinski definition) is 6. The van der Waals surface area contributed by atoms with Crippen molar-refractivity contribution in [3.05, 3.63) is 80.6 Å². The van der Waals surface area contributed by atoms with Crippen LogP contribution in [0.15, 0.2) is 58.4 Å². The Morgan fingerprint density at radius 2 is 1.82 bits per heavy atom. The molecule has 2 saturated heterocycles. The van der Waals surface area contributed by atoms with Crippen LogP contribution >= 0.6 is 24.0 Å². The molecular weight excluding hydrogens is 452 g/mol. The Balaban J connectivity index is 1.58. The highest BCUT2D eigenvalue weighted by molar-refractivity contribution is 8.26. The van der Waals surface area contributed by atoms with Crippen LogP contribution in [0.5, 0.6) is 0 Å². The van der Waals surface area contributed by atoms with E-state index in [-0.39, 0.29) is 11.5 Å². The van der Waals surface area contributed by atoms with Gasteiger partial charge in [0.1, 0.15) is 15.8 Å². The number of carbonyl (C=O) groups excluding carboxylic acids is 1. The first-order valence-electron chi connectivity index (χ1n) is 11.1. The lowest BCUT2D eigenvalue weighted by Crippen LogP contribution is -2.33. The van der Waals surface area contributed by atoms with Gasteiger partial charge in [0.15, 0.2) is 0 Å². The summed E-state index contributed by atoms with van der Waals surface area (Å²) in [7, 11) is 0. The fraction of sp³-hybridized carbons (Fsp3) is 0.280. The van der Waals surface area contributed by atoms with Crippen LogP contribution in [0.25, 0.3) is 11.7 Å². The molecule has 0 atom stereocenters. The van der Waals surface area contributed by atoms with Crippen LogP contribution in [-0.2, 0) is 11.3 Å². The Bertz CT molecular complexity index is 1330. The average Bonchev–Trinajstić information content (AvgIpc) is 3.09. The summed E-state index contributed by atoms with van der Waals surface area (Å²) in [4.78, 5) is 35.9. The molecule has 2 aliphatic rings. The van der Waals surface area contributed by atoms with E-state index in [0.717, 1.165) is 37.1 Å². The second-order valence-electron chi connectivity index (χ2n) is 8.39. The summed E-state index contributed by atoms with van der Waals surface area (Å²) in [5.41, 5.74) is 2.86. The molecule has 8 heteroatoms. The monoisotopic (exact) mass is 476 g/mol. The van der Waals surface area contributed by atoms with Gasteiger partial charge in [-0.2, -0.15) is 0 Å². The SMILES string of the molecule is Cc1ccc2nc(N3CCCCC3)c(/C=C3/SC(=S)N(Cc4ccccc4)C3=O)c(=O)n2c1. The number of thioether (sulfide) groups is 1. The van der Waals surface area contributed by atoms with E-state index in [1.165, 1.54) is 18.2 Å². The summed E-state index contributed by atoms with van der Waals surface area (Å²) in [6.07, 6.45) is 6.79. The van der Waals surface area contributed by atoms with Crippen LogP contribution in [0.1, 0.15) is 36.0 Å². The predicted octanol–water partition coefficient (Wildman–Crippen LogP) is 4.39. The number of fused-ring (bicyclic) bond motifs is 1. The van der Waals surface area contributed by atoms with Crippen molar-refractivity contribution in [2.75, 3.05) is 18.0 Å². The first-order chi connectivity index (χ1) is 16.0. The summed E-state index contributed by atoms with van der Waals surface area (Å²) < 4.78 is 2.07. The molecule has 0 unspecified atom stereocenters. The average molecular weight is 477 g/mol. The minimum absolute atomic E-state index is 0.169. The van der Waals surface area contributed by atoms with Gasteiger partial charge in [-0.3, -0.25) is 18.9 Å². The van der Waals surface area contributed by atoms with Gasteiger partial charge in [0.2, 0.25) is 0 Å². The third-order valence-corrected chi connectivity index (χ3v) is 7.35. The van der Waals surface area contributed by atoms with E-state index < -0.39 is 0 Å². The molecule has 2 aliphatic heterocycles. The van der Waals surface area contributed by atoms with Gasteiger partial charge in [-0.15, -0.1) is 0 Å². The molecule has 2 aromatic heterocycles. The fourth-order valence-electron chi connectivity index (χ4n) is 4.25. The smallest absolute Gasteiger partial charge is 0.267 e. The summed E-state index contributed by atoms with van der Waals surface area (Å²) in [6.45, 7) is 4.06. The molecule has 4 heterocycles. The number of thiocarbonyl (C=S) groups is 1. The number of hydrogen-bond donors (Lipinski definition) is 0. The van der Waals surface area contributed by atoms with Gasteiger partial charge in [0, 0.05) is 19.3 Å². The zero-order valence-corrected chi connectivity index (χ0v) is 20.0. The van der Waals surface area contributed by atoms with Gasteiger partial charge in [-0.1, -0.05) is 60.4 Å². The minimum Gasteiger partial charge on any atom is -0.356 e. The molecule has 0 bridgehead atoms. The van der Waals surface area contributed by atoms with Crippen LogP contribution in [-0.4, -0.2) is 37.6 Å². The lowest BCUT2D eigenvalue weighted by atomic mass is 10.1. The number of aryl methyl sites for hydroxylation is 1. The van der Waals surface area contributed by atoms with Crippen molar-refractivity contribution in [1.29, 1.82) is 0 Å². The zero-order chi connectivity index (χ0) is 22.9. The quantitative estimate of drug-likeness (QED) is 0.411. The molecule has 0 spiro atoms. The summed E-state index contributed by atoms with van der Waals surface area (Å²) >= 11 is 6.76. The Hall–Kier alpha value is -2.97. The Labute approximate surface area is 201 Å². The van der Waals surface area contributed by atoms with Gasteiger partial charge < -0.3 is 4.90 Å². The van der Waals surface area contributed by atoms with Gasteiger partial charge >= 0.3 is 0 Å². The molecule has 0 saturated carbocycles. The Kier molecular flexibility index (Phi) is 6.03. The maximum Gasteiger partial charge on any atom is 0.267 e. The lowest BCUT2D eigenvalue weighted by molar-refractivity contribution is -0.122. The zero-order valence-electron chi connectivity index (χ0n) is 18.4. The molecule has 33 heavy (non-hydrogen) atoms. The van der Waals surface area contributed by atoms with E-state index in [4.69, 9.17) is 17.2 Å². The molecule has 2 fully saturated rings. The van der Waals surface area contributed by atoms with Gasteiger partial charge in [0.05, 0.1) is 17.0 Å². The van der Waals surface area contributed by atoms with Crippen molar-refractivity contribution in [2.24, 2.45) is 0 Å². The van der Waals surface area contributed by atoms with Crippen LogP contribution < -0.4 is 10.5 Å². The molecule has 168 valence electrons. The van der Waals surface area contributed by atoms with Crippen LogP contribution in [0.3, 0.4) is 0 Å². The molecule has 6 nitrogen and oxygen atoms in total. The van der Waals surface area contributed by atoms with Crippen molar-refractivity contribution in [2.45, 2.75) is 32.7 Å². The van der Waals surface area contributed by atoms with E-state index >= 15 is 0 Å². The number of aromatic nitrogens is 2. The van der Waals surface area contributed by atoms with Gasteiger partial charge in [-0.25, -0.2) is 4.98 Å². The van der Waals surface area contributed by atoms with Crippen LogP contribution in [0.2, 0.25) is 0 Å². The molecule has 0 aliphatic carbocycles. The highest BCUT2D eigenvalue weighted by atomic mass is 32.2. The second kappa shape index (κ2) is 9.11. The highest BCUT2D eigenvalue weighted by Crippen LogP contribution is 2.34. The predicted molar refractivity (Wildman–Crippen MR) is 137 cm³/mol. The summed E-state index contributed by atoms with van der Waals surface area (Å²) in [6, 6.07) is 13.6. The van der Waals surface area contributed by atoms with E-state index in [1.54, 1.807) is 21.6 Å². The van der Waals surface area contributed by atoms with Crippen molar-refractivity contribution in [3.8, 4) is 0 Å². The fourth-order valence-corrected chi connectivity index (χ4v) is 5.49. The maximum absolute atomic E-state index is 13.6. The standard InChI is InChI=1S/C25H24N4O2S2/c1-17-10-11-21-26-22(27-12-6-3-7-13-27)19(23(30)28(21)15-17)14-20-24(31)29(25(32)33-20)16-18-8-4-2-5-9-18/h2,4-5,8-11,14-15H,3,6-7,12-13,16H2,1H3/b20-14+. The number of piperidine rings is 1. The highest BCUT2D eigenvalue weighted by Gasteiger charge is 2.33. The van der Waals surface area contributed by atoms with E-state index in [1.807, 2.05) is 49.4 Å². The van der Waals surface area contributed by atoms with Crippen molar-refractivity contribution in [3.63, 3.8) is 0 Å². The third-order valence-electron chi connectivity index (χ3n) is 5.97. The number of pyridine rings is 1. The number of carbonyl (C=O) groups is 1. The second-order valence-corrected chi connectivity index (χ2v) is 10.1. The maximum atomic E-state index is 13.6. The molecule has 1 aromatic carbocycles. The van der Waals surface area contributed by atoms with Crippen molar-refractivity contribution < 1.29 is 4.79 Å². The van der Waals surface area contributed by atoms with Crippen molar-refractivity contribution in [1.82, 2.24) is 14.3 Å². The topological polar surface area (TPSA) is 57.9 Å². The van der Waals surface area contributed by atoms with E-state index in [9.17, 15) is 9.59 Å². The first-order valence-corrected chi connectivity index (χ1v) is 12.3. The number of anilines is 1. The molecule has 0 radical (unpaired) electrons. The summed E-state index contributed by atoms with van der Waals surface area (Å²) in [5, 5.41) is 0. The summed E-state index contributed by atoms with van der Waals surface area (Å²) in [5.74, 6) is 0.476. The van der Waals surface area contributed by atoms with Gasteiger partial charge in [0.25, 0.3) is 11.5 Å². The largest absolute Gasteiger partial charge is 0.356 e. The Morgan fingerprint density at radius 1 is 1.06 bits per heavy atom. The number of amides is 1. The van der Waals surface area contributed by atoms with E-state index in [0.29, 0.717) is 32.8 Å². The first kappa shape index (κ1) is 21.9. The molecule has 1 amide bonds. The van der Waals surface area contributed by atoms with Gasteiger partial charge in [-0.05, 0) is 49.5 Å². The Morgan fingerprint density at radius 3 is 2.58 bits per heavy atom. The van der Waals surface area contributed by atoms with Crippen LogP contribution in [0.4, 0.5) is 5.82 Å².